The van der Waals surface area contributed by atoms with Gasteiger partial charge < -0.3 is 13.9 Å². The number of hydrogen-bond donors (Lipinski definition) is 1. The zero-order chi connectivity index (χ0) is 20.8. The van der Waals surface area contributed by atoms with E-state index in [1.165, 1.54) is 17.9 Å². The second-order valence-corrected chi connectivity index (χ2v) is 6.51. The van der Waals surface area contributed by atoms with Gasteiger partial charge in [-0.05, 0) is 52.2 Å². The lowest BCUT2D eigenvalue weighted by atomic mass is 10.1. The molecular formula is C24H20N2O4. The van der Waals surface area contributed by atoms with E-state index in [9.17, 15) is 4.79 Å². The van der Waals surface area contributed by atoms with Crippen LogP contribution < -0.4 is 14.9 Å². The molecule has 0 radical (unpaired) electrons. The Kier molecular flexibility index (Phi) is 5.75. The highest BCUT2D eigenvalue weighted by Crippen LogP contribution is 2.29. The molecule has 4 rings (SSSR count). The molecular weight excluding hydrogens is 380 g/mol. The molecule has 0 unspecified atom stereocenters. The number of nitrogens with zero attached hydrogens (tertiary/aromatic N) is 1. The summed E-state index contributed by atoms with van der Waals surface area (Å²) in [7, 11) is 1.58. The van der Waals surface area contributed by atoms with Crippen molar-refractivity contribution in [1.82, 2.24) is 5.43 Å². The van der Waals surface area contributed by atoms with E-state index in [2.05, 4.69) is 34.8 Å². The first-order valence-corrected chi connectivity index (χ1v) is 9.39. The Balaban J connectivity index is 1.44. The number of fused-ring (bicyclic) bond motifs is 1. The van der Waals surface area contributed by atoms with Crippen LogP contribution in [0, 0.1) is 0 Å². The number of hydrazone groups is 1. The van der Waals surface area contributed by atoms with Gasteiger partial charge in [-0.3, -0.25) is 4.79 Å². The summed E-state index contributed by atoms with van der Waals surface area (Å²) >= 11 is 0. The standard InChI is InChI=1S/C24H20N2O4/c1-28-23-14-17(15-25-26-24(27)22-10-5-13-29-22)11-12-21(23)30-16-19-8-4-7-18-6-2-3-9-20(18)19/h2-15H,16H2,1H3,(H,26,27)/b25-15-. The monoisotopic (exact) mass is 400 g/mol. The molecule has 0 bridgehead atoms. The quantitative estimate of drug-likeness (QED) is 0.358. The molecule has 30 heavy (non-hydrogen) atoms. The van der Waals surface area contributed by atoms with E-state index >= 15 is 0 Å². The van der Waals surface area contributed by atoms with Crippen molar-refractivity contribution in [2.45, 2.75) is 6.61 Å². The zero-order valence-corrected chi connectivity index (χ0v) is 16.4. The minimum atomic E-state index is -0.418. The summed E-state index contributed by atoms with van der Waals surface area (Å²) in [4.78, 5) is 11.8. The summed E-state index contributed by atoms with van der Waals surface area (Å²) in [6.07, 6.45) is 2.96. The molecule has 0 atom stereocenters. The number of carbonyl (C=O) groups excluding carboxylic acids is 1. The van der Waals surface area contributed by atoms with Gasteiger partial charge in [-0.1, -0.05) is 42.5 Å². The largest absolute Gasteiger partial charge is 0.493 e. The number of benzene rings is 3. The van der Waals surface area contributed by atoms with Crippen molar-refractivity contribution in [2.75, 3.05) is 7.11 Å². The van der Waals surface area contributed by atoms with Crippen molar-refractivity contribution in [2.24, 2.45) is 5.10 Å². The molecule has 4 aromatic rings. The fourth-order valence-corrected chi connectivity index (χ4v) is 3.09. The van der Waals surface area contributed by atoms with Gasteiger partial charge in [0.05, 0.1) is 19.6 Å². The van der Waals surface area contributed by atoms with E-state index in [4.69, 9.17) is 13.9 Å². The van der Waals surface area contributed by atoms with Crippen LogP contribution >= 0.6 is 0 Å². The van der Waals surface area contributed by atoms with Crippen LogP contribution in [0.25, 0.3) is 10.8 Å². The molecule has 1 aromatic heterocycles. The van der Waals surface area contributed by atoms with Crippen molar-refractivity contribution in [3.05, 3.63) is 95.9 Å². The van der Waals surface area contributed by atoms with Gasteiger partial charge in [-0.2, -0.15) is 5.10 Å². The van der Waals surface area contributed by atoms with E-state index in [0.29, 0.717) is 18.1 Å². The lowest BCUT2D eigenvalue weighted by molar-refractivity contribution is 0.0927. The van der Waals surface area contributed by atoms with Gasteiger partial charge in [0, 0.05) is 0 Å². The number of carbonyl (C=O) groups is 1. The molecule has 0 saturated carbocycles. The van der Waals surface area contributed by atoms with Crippen LogP contribution in [0.2, 0.25) is 0 Å². The number of nitrogens with one attached hydrogen (secondary N) is 1. The molecule has 0 saturated heterocycles. The Morgan fingerprint density at radius 1 is 1.03 bits per heavy atom. The summed E-state index contributed by atoms with van der Waals surface area (Å²) in [6.45, 7) is 0.421. The smallest absolute Gasteiger partial charge is 0.307 e. The van der Waals surface area contributed by atoms with Crippen molar-refractivity contribution >= 4 is 22.9 Å². The molecule has 1 heterocycles. The molecule has 3 aromatic carbocycles. The lowest BCUT2D eigenvalue weighted by Crippen LogP contribution is -2.16. The van der Waals surface area contributed by atoms with Crippen LogP contribution in [-0.2, 0) is 6.61 Å². The molecule has 0 spiro atoms. The van der Waals surface area contributed by atoms with Gasteiger partial charge in [-0.25, -0.2) is 5.43 Å². The van der Waals surface area contributed by atoms with Crippen molar-refractivity contribution in [1.29, 1.82) is 0 Å². The minimum absolute atomic E-state index is 0.196. The molecule has 6 heteroatoms. The molecule has 0 fully saturated rings. The summed E-state index contributed by atoms with van der Waals surface area (Å²) in [5.41, 5.74) is 4.27. The third-order valence-electron chi connectivity index (χ3n) is 4.58. The van der Waals surface area contributed by atoms with Crippen molar-refractivity contribution in [3.8, 4) is 11.5 Å². The third kappa shape index (κ3) is 4.33. The number of ether oxygens (including phenoxy) is 2. The number of rotatable bonds is 7. The predicted molar refractivity (Wildman–Crippen MR) is 115 cm³/mol. The first kappa shape index (κ1) is 19.3. The fourth-order valence-electron chi connectivity index (χ4n) is 3.09. The van der Waals surface area contributed by atoms with Crippen LogP contribution in [0.15, 0.2) is 88.6 Å². The highest BCUT2D eigenvalue weighted by atomic mass is 16.5. The Hall–Kier alpha value is -4.06. The Morgan fingerprint density at radius 3 is 2.73 bits per heavy atom. The predicted octanol–water partition coefficient (Wildman–Crippen LogP) is 4.78. The number of hydrogen-bond acceptors (Lipinski definition) is 5. The molecule has 1 amide bonds. The lowest BCUT2D eigenvalue weighted by Gasteiger charge is -2.12. The third-order valence-corrected chi connectivity index (χ3v) is 4.58. The molecule has 150 valence electrons. The van der Waals surface area contributed by atoms with Gasteiger partial charge in [0.25, 0.3) is 0 Å². The second kappa shape index (κ2) is 8.96. The molecule has 6 nitrogen and oxygen atoms in total. The summed E-state index contributed by atoms with van der Waals surface area (Å²) < 4.78 is 16.5. The van der Waals surface area contributed by atoms with Crippen LogP contribution in [-0.4, -0.2) is 19.2 Å². The highest BCUT2D eigenvalue weighted by molar-refractivity contribution is 5.92. The van der Waals surface area contributed by atoms with E-state index in [1.807, 2.05) is 30.3 Å². The summed E-state index contributed by atoms with van der Waals surface area (Å²) in [5, 5.41) is 6.29. The highest BCUT2D eigenvalue weighted by Gasteiger charge is 2.08. The maximum atomic E-state index is 11.8. The van der Waals surface area contributed by atoms with Gasteiger partial charge in [-0.15, -0.1) is 0 Å². The number of amides is 1. The van der Waals surface area contributed by atoms with Crippen LogP contribution in [0.5, 0.6) is 11.5 Å². The molecule has 0 aliphatic heterocycles. The van der Waals surface area contributed by atoms with Crippen LogP contribution in [0.3, 0.4) is 0 Å². The normalized spacial score (nSPS) is 11.0. The van der Waals surface area contributed by atoms with Gasteiger partial charge in [0.2, 0.25) is 0 Å². The van der Waals surface area contributed by atoms with Crippen LogP contribution in [0.1, 0.15) is 21.7 Å². The number of furan rings is 1. The Morgan fingerprint density at radius 2 is 1.90 bits per heavy atom. The molecule has 0 aliphatic rings. The average molecular weight is 400 g/mol. The van der Waals surface area contributed by atoms with E-state index in [-0.39, 0.29) is 5.76 Å². The molecule has 0 aliphatic carbocycles. The Bertz CT molecular complexity index is 1180. The topological polar surface area (TPSA) is 73.1 Å². The SMILES string of the molecule is COc1cc(/C=N\NC(=O)c2ccco2)ccc1OCc1cccc2ccccc12. The number of methoxy groups -OCH3 is 1. The first-order chi connectivity index (χ1) is 14.7. The van der Waals surface area contributed by atoms with E-state index in [0.717, 1.165) is 16.5 Å². The summed E-state index contributed by atoms with van der Waals surface area (Å²) in [6, 6.07) is 23.0. The summed E-state index contributed by atoms with van der Waals surface area (Å²) in [5.74, 6) is 0.985. The van der Waals surface area contributed by atoms with Gasteiger partial charge in [0.1, 0.15) is 6.61 Å². The maximum Gasteiger partial charge on any atom is 0.307 e. The van der Waals surface area contributed by atoms with Gasteiger partial charge in [0.15, 0.2) is 17.3 Å². The van der Waals surface area contributed by atoms with Crippen molar-refractivity contribution in [3.63, 3.8) is 0 Å². The maximum absolute atomic E-state index is 11.8. The first-order valence-electron chi connectivity index (χ1n) is 9.39. The van der Waals surface area contributed by atoms with Crippen molar-refractivity contribution < 1.29 is 18.7 Å². The molecule has 1 N–H and O–H groups in total. The fraction of sp³-hybridized carbons (Fsp3) is 0.0833. The van der Waals surface area contributed by atoms with E-state index < -0.39 is 5.91 Å². The average Bonchev–Trinajstić information content (AvgIpc) is 3.33. The van der Waals surface area contributed by atoms with Crippen LogP contribution in [0.4, 0.5) is 0 Å². The van der Waals surface area contributed by atoms with E-state index in [1.54, 1.807) is 25.3 Å². The van der Waals surface area contributed by atoms with Gasteiger partial charge >= 0.3 is 5.91 Å². The Labute approximate surface area is 173 Å². The second-order valence-electron chi connectivity index (χ2n) is 6.51. The zero-order valence-electron chi connectivity index (χ0n) is 16.4. The minimum Gasteiger partial charge on any atom is -0.493 e.